The van der Waals surface area contributed by atoms with Gasteiger partial charge in [-0.15, -0.1) is 23.1 Å². The molecule has 0 saturated heterocycles. The predicted octanol–water partition coefficient (Wildman–Crippen LogP) is 5.45. The van der Waals surface area contributed by atoms with Crippen molar-refractivity contribution in [2.75, 3.05) is 5.73 Å². The first-order valence-electron chi connectivity index (χ1n) is 8.89. The molecule has 0 amide bonds. The molecule has 0 fully saturated rings. The predicted molar refractivity (Wildman–Crippen MR) is 118 cm³/mol. The molecule has 2 aromatic heterocycles. The lowest BCUT2D eigenvalue weighted by molar-refractivity contribution is 0.0699. The van der Waals surface area contributed by atoms with Crippen molar-refractivity contribution in [2.45, 2.75) is 17.3 Å². The topological polar surface area (TPSA) is 85.4 Å². The molecule has 0 spiro atoms. The van der Waals surface area contributed by atoms with Crippen LogP contribution in [0.3, 0.4) is 0 Å². The average molecular weight is 423 g/mol. The summed E-state index contributed by atoms with van der Waals surface area (Å²) in [5, 5.41) is 11.9. The number of hydrogen-bond acceptors (Lipinski definition) is 6. The van der Waals surface area contributed by atoms with E-state index >= 15 is 0 Å². The highest BCUT2D eigenvalue weighted by Crippen LogP contribution is 2.33. The minimum absolute atomic E-state index is 0.157. The van der Waals surface area contributed by atoms with Gasteiger partial charge in [0.15, 0.2) is 0 Å². The SMILES string of the molecule is Nc1ncc(C(=O)O)c2scc(COc3cccc(SCc4ccccc4)c3)c12. The van der Waals surface area contributed by atoms with Gasteiger partial charge in [0.25, 0.3) is 0 Å². The summed E-state index contributed by atoms with van der Waals surface area (Å²) in [6, 6.07) is 18.2. The molecule has 0 saturated carbocycles. The Bertz CT molecular complexity index is 1160. The fourth-order valence-corrected chi connectivity index (χ4v) is 4.91. The van der Waals surface area contributed by atoms with Crippen LogP contribution in [0.5, 0.6) is 5.75 Å². The fraction of sp³-hybridized carbons (Fsp3) is 0.0909. The van der Waals surface area contributed by atoms with E-state index in [0.29, 0.717) is 22.5 Å². The maximum Gasteiger partial charge on any atom is 0.338 e. The number of aromatic carboxylic acids is 1. The summed E-state index contributed by atoms with van der Waals surface area (Å²) in [5.41, 5.74) is 8.26. The molecule has 2 aromatic carbocycles. The Hall–Kier alpha value is -3.03. The molecular weight excluding hydrogens is 404 g/mol. The number of thiophene rings is 1. The van der Waals surface area contributed by atoms with E-state index in [1.807, 2.05) is 41.8 Å². The zero-order valence-electron chi connectivity index (χ0n) is 15.4. The number of hydrogen-bond donors (Lipinski definition) is 2. The third-order valence-electron chi connectivity index (χ3n) is 4.38. The maximum absolute atomic E-state index is 11.4. The summed E-state index contributed by atoms with van der Waals surface area (Å²) >= 11 is 3.09. The van der Waals surface area contributed by atoms with E-state index in [1.165, 1.54) is 23.1 Å². The number of pyridine rings is 1. The number of thioether (sulfide) groups is 1. The van der Waals surface area contributed by atoms with Gasteiger partial charge in [-0.05, 0) is 29.1 Å². The summed E-state index contributed by atoms with van der Waals surface area (Å²) in [6.07, 6.45) is 1.30. The number of carboxylic acid groups (broad SMARTS) is 1. The summed E-state index contributed by atoms with van der Waals surface area (Å²) in [4.78, 5) is 16.6. The zero-order valence-corrected chi connectivity index (χ0v) is 17.0. The van der Waals surface area contributed by atoms with Gasteiger partial charge in [0, 0.05) is 27.8 Å². The van der Waals surface area contributed by atoms with Gasteiger partial charge in [-0.3, -0.25) is 0 Å². The van der Waals surface area contributed by atoms with Crippen molar-refractivity contribution in [1.29, 1.82) is 0 Å². The number of carbonyl (C=O) groups is 1. The van der Waals surface area contributed by atoms with Gasteiger partial charge >= 0.3 is 5.97 Å². The van der Waals surface area contributed by atoms with Crippen molar-refractivity contribution < 1.29 is 14.6 Å². The van der Waals surface area contributed by atoms with Crippen LogP contribution >= 0.6 is 23.1 Å². The fourth-order valence-electron chi connectivity index (χ4n) is 2.94. The number of nitrogens with zero attached hydrogens (tertiary/aromatic N) is 1. The summed E-state index contributed by atoms with van der Waals surface area (Å²) in [5.74, 6) is 0.944. The monoisotopic (exact) mass is 422 g/mol. The van der Waals surface area contributed by atoms with Crippen molar-refractivity contribution in [2.24, 2.45) is 0 Å². The largest absolute Gasteiger partial charge is 0.489 e. The van der Waals surface area contributed by atoms with E-state index in [0.717, 1.165) is 22.0 Å². The molecular formula is C22H18N2O3S2. The molecule has 0 radical (unpaired) electrons. The van der Waals surface area contributed by atoms with Gasteiger partial charge in [0.1, 0.15) is 18.2 Å². The second kappa shape index (κ2) is 8.55. The number of aromatic nitrogens is 1. The van der Waals surface area contributed by atoms with Gasteiger partial charge in [0.2, 0.25) is 0 Å². The summed E-state index contributed by atoms with van der Waals surface area (Å²) in [6.45, 7) is 0.293. The highest BCUT2D eigenvalue weighted by molar-refractivity contribution is 7.98. The lowest BCUT2D eigenvalue weighted by atomic mass is 10.1. The van der Waals surface area contributed by atoms with Gasteiger partial charge in [0.05, 0.1) is 10.3 Å². The van der Waals surface area contributed by atoms with Crippen LogP contribution in [0.4, 0.5) is 5.82 Å². The smallest absolute Gasteiger partial charge is 0.338 e. The Balaban J connectivity index is 1.48. The Labute approximate surface area is 176 Å². The summed E-state index contributed by atoms with van der Waals surface area (Å²) < 4.78 is 6.59. The average Bonchev–Trinajstić information content (AvgIpc) is 3.17. The molecule has 5 nitrogen and oxygen atoms in total. The van der Waals surface area contributed by atoms with Gasteiger partial charge < -0.3 is 15.6 Å². The molecule has 0 bridgehead atoms. The number of nitrogen functional groups attached to an aromatic ring is 1. The van der Waals surface area contributed by atoms with Gasteiger partial charge in [-0.1, -0.05) is 36.4 Å². The first-order valence-corrected chi connectivity index (χ1v) is 10.8. The number of anilines is 1. The first kappa shape index (κ1) is 19.3. The lowest BCUT2D eigenvalue weighted by Gasteiger charge is -2.09. The van der Waals surface area contributed by atoms with E-state index < -0.39 is 5.97 Å². The van der Waals surface area contributed by atoms with Crippen molar-refractivity contribution in [3.05, 3.63) is 82.9 Å². The molecule has 0 atom stereocenters. The standard InChI is InChI=1S/C22H18N2O3S2/c23-21-19-15(13-29-20(19)18(10-24-21)22(25)26)11-27-16-7-4-8-17(9-16)28-12-14-5-2-1-3-6-14/h1-10,13H,11-12H2,(H2,23,24)(H,25,26). The number of ether oxygens (including phenoxy) is 1. The van der Waals surface area contributed by atoms with Crippen LogP contribution in [0.25, 0.3) is 10.1 Å². The van der Waals surface area contributed by atoms with E-state index in [9.17, 15) is 9.90 Å². The van der Waals surface area contributed by atoms with E-state index in [-0.39, 0.29) is 5.56 Å². The molecule has 7 heteroatoms. The molecule has 0 aliphatic heterocycles. The van der Waals surface area contributed by atoms with Crippen LogP contribution in [-0.4, -0.2) is 16.1 Å². The molecule has 4 aromatic rings. The second-order valence-electron chi connectivity index (χ2n) is 6.37. The van der Waals surface area contributed by atoms with Crippen LogP contribution in [0.15, 0.2) is 71.1 Å². The quantitative estimate of drug-likeness (QED) is 0.385. The second-order valence-corrected chi connectivity index (χ2v) is 8.29. The van der Waals surface area contributed by atoms with Crippen molar-refractivity contribution in [3.63, 3.8) is 0 Å². The minimum atomic E-state index is -1.01. The molecule has 0 unspecified atom stereocenters. The Morgan fingerprint density at radius 1 is 1.17 bits per heavy atom. The molecule has 3 N–H and O–H groups in total. The third kappa shape index (κ3) is 4.36. The van der Waals surface area contributed by atoms with Crippen molar-refractivity contribution in [1.82, 2.24) is 4.98 Å². The highest BCUT2D eigenvalue weighted by atomic mass is 32.2. The number of rotatable bonds is 7. The van der Waals surface area contributed by atoms with Crippen LogP contribution in [-0.2, 0) is 12.4 Å². The Kier molecular flexibility index (Phi) is 5.69. The molecule has 4 rings (SSSR count). The highest BCUT2D eigenvalue weighted by Gasteiger charge is 2.17. The van der Waals surface area contributed by atoms with Crippen LogP contribution in [0.2, 0.25) is 0 Å². The van der Waals surface area contributed by atoms with Crippen LogP contribution in [0, 0.1) is 0 Å². The third-order valence-corrected chi connectivity index (χ3v) is 6.51. The van der Waals surface area contributed by atoms with E-state index in [4.69, 9.17) is 10.5 Å². The molecule has 2 heterocycles. The van der Waals surface area contributed by atoms with Crippen molar-refractivity contribution in [3.8, 4) is 5.75 Å². The Morgan fingerprint density at radius 2 is 2.00 bits per heavy atom. The maximum atomic E-state index is 11.4. The number of fused-ring (bicyclic) bond motifs is 1. The van der Waals surface area contributed by atoms with E-state index in [1.54, 1.807) is 11.8 Å². The molecule has 146 valence electrons. The number of carboxylic acids is 1. The van der Waals surface area contributed by atoms with Crippen molar-refractivity contribution >= 4 is 45.0 Å². The molecule has 29 heavy (non-hydrogen) atoms. The van der Waals surface area contributed by atoms with Crippen LogP contribution < -0.4 is 10.5 Å². The Morgan fingerprint density at radius 3 is 2.79 bits per heavy atom. The zero-order chi connectivity index (χ0) is 20.2. The minimum Gasteiger partial charge on any atom is -0.489 e. The van der Waals surface area contributed by atoms with Gasteiger partial charge in [-0.25, -0.2) is 9.78 Å². The number of benzene rings is 2. The first-order chi connectivity index (χ1) is 14.1. The lowest BCUT2D eigenvalue weighted by Crippen LogP contribution is -2.02. The molecule has 0 aliphatic carbocycles. The van der Waals surface area contributed by atoms with E-state index in [2.05, 4.69) is 23.2 Å². The summed E-state index contributed by atoms with van der Waals surface area (Å²) in [7, 11) is 0. The van der Waals surface area contributed by atoms with Crippen LogP contribution in [0.1, 0.15) is 21.5 Å². The van der Waals surface area contributed by atoms with Gasteiger partial charge in [-0.2, -0.15) is 0 Å². The normalized spacial score (nSPS) is 10.9. The number of nitrogens with two attached hydrogens (primary N) is 1. The molecule has 0 aliphatic rings.